The van der Waals surface area contributed by atoms with E-state index >= 15 is 0 Å². The Morgan fingerprint density at radius 1 is 1.27 bits per heavy atom. The first-order valence-corrected chi connectivity index (χ1v) is 11.5. The summed E-state index contributed by atoms with van der Waals surface area (Å²) in [6, 6.07) is 4.43. The third kappa shape index (κ3) is 4.28. The molecule has 1 atom stereocenters. The van der Waals surface area contributed by atoms with Gasteiger partial charge in [0.05, 0.1) is 48.0 Å². The van der Waals surface area contributed by atoms with Crippen molar-refractivity contribution in [3.8, 4) is 0 Å². The molecule has 0 saturated carbocycles. The first kappa shape index (κ1) is 22.1. The van der Waals surface area contributed by atoms with Crippen LogP contribution in [-0.2, 0) is 30.9 Å². The minimum absolute atomic E-state index is 0.124. The number of allylic oxidation sites excluding steroid dienone is 2. The van der Waals surface area contributed by atoms with E-state index in [2.05, 4.69) is 26.9 Å². The Hall–Kier alpha value is -2.75. The van der Waals surface area contributed by atoms with E-state index in [1.807, 2.05) is 4.68 Å². The standard InChI is InChI=1S/C23H26ClFN6O2/c1-15-23(24)21(11-26-31(15)22-4-2-3-9-33-22)29-8-7-20-19(13-29)27-28-30(20)12-16-5-6-18(25)10-17(16)14-32/h5-6,10-11,22,32H,1-4,7-9,12-14H2. The largest absolute Gasteiger partial charge is 0.392 e. The van der Waals surface area contributed by atoms with Crippen LogP contribution in [-0.4, -0.2) is 55.6 Å². The number of nitrogens with zero attached hydrogens (tertiary/aromatic N) is 6. The second-order valence-corrected chi connectivity index (χ2v) is 8.82. The molecule has 1 saturated heterocycles. The second kappa shape index (κ2) is 9.24. The summed E-state index contributed by atoms with van der Waals surface area (Å²) in [7, 11) is 0. The van der Waals surface area contributed by atoms with Crippen molar-refractivity contribution in [2.45, 2.75) is 51.6 Å². The van der Waals surface area contributed by atoms with E-state index in [1.54, 1.807) is 17.3 Å². The monoisotopic (exact) mass is 472 g/mol. The molecule has 3 aliphatic heterocycles. The summed E-state index contributed by atoms with van der Waals surface area (Å²) < 4.78 is 21.2. The lowest BCUT2D eigenvalue weighted by molar-refractivity contribution is -0.0692. The fraction of sp³-hybridized carbons (Fsp3) is 0.435. The Bertz CT molecular complexity index is 1120. The fourth-order valence-electron chi connectivity index (χ4n) is 4.53. The summed E-state index contributed by atoms with van der Waals surface area (Å²) >= 11 is 6.72. The summed E-state index contributed by atoms with van der Waals surface area (Å²) in [6.07, 6.45) is 5.44. The highest BCUT2D eigenvalue weighted by atomic mass is 35.5. The molecular weight excluding hydrogens is 447 g/mol. The number of halogens is 2. The highest BCUT2D eigenvalue weighted by Crippen LogP contribution is 2.33. The van der Waals surface area contributed by atoms with Gasteiger partial charge in [-0.15, -0.1) is 5.10 Å². The molecule has 0 radical (unpaired) electrons. The van der Waals surface area contributed by atoms with Gasteiger partial charge in [-0.25, -0.2) is 14.1 Å². The average molecular weight is 473 g/mol. The van der Waals surface area contributed by atoms with Crippen LogP contribution in [0.3, 0.4) is 0 Å². The third-order valence-electron chi connectivity index (χ3n) is 6.36. The van der Waals surface area contributed by atoms with Gasteiger partial charge in [0.1, 0.15) is 11.5 Å². The molecule has 0 aliphatic carbocycles. The predicted molar refractivity (Wildman–Crippen MR) is 122 cm³/mol. The number of ether oxygens (including phenoxy) is 1. The lowest BCUT2D eigenvalue weighted by Gasteiger charge is -2.37. The smallest absolute Gasteiger partial charge is 0.150 e. The Morgan fingerprint density at radius 2 is 2.15 bits per heavy atom. The van der Waals surface area contributed by atoms with Gasteiger partial charge in [0, 0.05) is 19.6 Å². The maximum atomic E-state index is 13.5. The van der Waals surface area contributed by atoms with E-state index in [-0.39, 0.29) is 18.7 Å². The van der Waals surface area contributed by atoms with E-state index in [0.717, 1.165) is 61.5 Å². The lowest BCUT2D eigenvalue weighted by atomic mass is 10.1. The molecule has 0 amide bonds. The molecule has 1 unspecified atom stereocenters. The molecule has 1 fully saturated rings. The van der Waals surface area contributed by atoms with Gasteiger partial charge >= 0.3 is 0 Å². The topological polar surface area (TPSA) is 79.0 Å². The van der Waals surface area contributed by atoms with Crippen LogP contribution in [0.1, 0.15) is 41.8 Å². The van der Waals surface area contributed by atoms with Gasteiger partial charge in [-0.1, -0.05) is 29.5 Å². The van der Waals surface area contributed by atoms with Gasteiger partial charge in [0.15, 0.2) is 6.23 Å². The maximum Gasteiger partial charge on any atom is 0.150 e. The molecule has 0 spiro atoms. The van der Waals surface area contributed by atoms with E-state index in [4.69, 9.17) is 16.3 Å². The second-order valence-electron chi connectivity index (χ2n) is 8.44. The molecule has 3 aliphatic rings. The highest BCUT2D eigenvalue weighted by Gasteiger charge is 2.31. The van der Waals surface area contributed by atoms with Crippen molar-refractivity contribution in [1.82, 2.24) is 24.9 Å². The van der Waals surface area contributed by atoms with Crippen molar-refractivity contribution in [3.63, 3.8) is 0 Å². The molecular formula is C23H26ClFN6O2. The number of rotatable bonds is 5. The number of aromatic nitrogens is 3. The molecule has 0 bridgehead atoms. The molecule has 2 aromatic rings. The normalized spacial score (nSPS) is 21.1. The summed E-state index contributed by atoms with van der Waals surface area (Å²) in [4.78, 5) is 2.13. The molecule has 1 aromatic heterocycles. The van der Waals surface area contributed by atoms with Crippen LogP contribution >= 0.6 is 11.6 Å². The van der Waals surface area contributed by atoms with Crippen LogP contribution in [0.4, 0.5) is 4.39 Å². The predicted octanol–water partition coefficient (Wildman–Crippen LogP) is 3.11. The highest BCUT2D eigenvalue weighted by molar-refractivity contribution is 6.33. The molecule has 1 N–H and O–H groups in total. The average Bonchev–Trinajstić information content (AvgIpc) is 3.24. The molecule has 5 rings (SSSR count). The van der Waals surface area contributed by atoms with Crippen LogP contribution in [0.25, 0.3) is 0 Å². The summed E-state index contributed by atoms with van der Waals surface area (Å²) in [5.41, 5.74) is 4.72. The maximum absolute atomic E-state index is 13.5. The zero-order valence-corrected chi connectivity index (χ0v) is 19.0. The first-order chi connectivity index (χ1) is 16.0. The number of hydrazone groups is 1. The van der Waals surface area contributed by atoms with Gasteiger partial charge < -0.3 is 14.7 Å². The number of aliphatic hydroxyl groups excluding tert-OH is 1. The van der Waals surface area contributed by atoms with Crippen molar-refractivity contribution < 1.29 is 14.2 Å². The Balaban J connectivity index is 1.31. The summed E-state index contributed by atoms with van der Waals surface area (Å²) in [5.74, 6) is -0.367. The van der Waals surface area contributed by atoms with Crippen molar-refractivity contribution >= 4 is 17.8 Å². The van der Waals surface area contributed by atoms with Crippen LogP contribution in [0.15, 0.2) is 46.3 Å². The van der Waals surface area contributed by atoms with Crippen LogP contribution in [0.2, 0.25) is 0 Å². The van der Waals surface area contributed by atoms with Crippen molar-refractivity contribution in [2.24, 2.45) is 5.10 Å². The van der Waals surface area contributed by atoms with Crippen molar-refractivity contribution in [1.29, 1.82) is 0 Å². The lowest BCUT2D eigenvalue weighted by Crippen LogP contribution is -2.39. The number of hydrogen-bond donors (Lipinski definition) is 1. The number of benzene rings is 1. The van der Waals surface area contributed by atoms with Crippen molar-refractivity contribution in [3.05, 3.63) is 69.5 Å². The van der Waals surface area contributed by atoms with Gasteiger partial charge in [-0.3, -0.25) is 0 Å². The molecule has 174 valence electrons. The molecule has 33 heavy (non-hydrogen) atoms. The number of aliphatic hydroxyl groups is 1. The SMILES string of the molecule is C=C1C(Cl)=C(N2CCc3c(nnn3Cc3ccc(F)cc3CO)C2)C=NN1C1CCCCO1. The number of fused-ring (bicyclic) bond motifs is 1. The Labute approximate surface area is 196 Å². The third-order valence-corrected chi connectivity index (χ3v) is 6.78. The van der Waals surface area contributed by atoms with Gasteiger partial charge in [-0.2, -0.15) is 5.10 Å². The molecule has 1 aromatic carbocycles. The van der Waals surface area contributed by atoms with Gasteiger partial charge in [0.25, 0.3) is 0 Å². The minimum Gasteiger partial charge on any atom is -0.392 e. The fourth-order valence-corrected chi connectivity index (χ4v) is 4.79. The zero-order valence-electron chi connectivity index (χ0n) is 18.3. The summed E-state index contributed by atoms with van der Waals surface area (Å²) in [5, 5.41) is 25.2. The van der Waals surface area contributed by atoms with Crippen LogP contribution in [0, 0.1) is 5.82 Å². The Kier molecular flexibility index (Phi) is 6.18. The van der Waals surface area contributed by atoms with E-state index in [9.17, 15) is 9.50 Å². The molecule has 8 nitrogen and oxygen atoms in total. The molecule has 10 heteroatoms. The Morgan fingerprint density at radius 3 is 2.94 bits per heavy atom. The van der Waals surface area contributed by atoms with Gasteiger partial charge in [0.2, 0.25) is 0 Å². The summed E-state index contributed by atoms with van der Waals surface area (Å²) in [6.45, 7) is 6.35. The van der Waals surface area contributed by atoms with E-state index in [0.29, 0.717) is 29.4 Å². The van der Waals surface area contributed by atoms with Crippen molar-refractivity contribution in [2.75, 3.05) is 13.2 Å². The zero-order chi connectivity index (χ0) is 22.9. The van der Waals surface area contributed by atoms with Crippen LogP contribution in [0.5, 0.6) is 0 Å². The minimum atomic E-state index is -0.367. The van der Waals surface area contributed by atoms with E-state index in [1.165, 1.54) is 12.1 Å². The quantitative estimate of drug-likeness (QED) is 0.720. The number of hydrogen-bond acceptors (Lipinski definition) is 7. The first-order valence-electron chi connectivity index (χ1n) is 11.1. The van der Waals surface area contributed by atoms with Gasteiger partial charge in [-0.05, 0) is 42.5 Å². The molecule has 4 heterocycles. The van der Waals surface area contributed by atoms with Crippen LogP contribution < -0.4 is 0 Å². The van der Waals surface area contributed by atoms with E-state index < -0.39 is 0 Å².